The minimum Gasteiger partial charge on any atom is -0.336 e. The minimum absolute atomic E-state index is 0.317. The van der Waals surface area contributed by atoms with Crippen LogP contribution >= 0.6 is 11.6 Å². The van der Waals surface area contributed by atoms with E-state index in [1.165, 1.54) is 12.3 Å². The Morgan fingerprint density at radius 2 is 2.33 bits per heavy atom. The van der Waals surface area contributed by atoms with Gasteiger partial charge in [-0.05, 0) is 12.1 Å². The van der Waals surface area contributed by atoms with Gasteiger partial charge >= 0.3 is 6.03 Å². The number of nitrogens with one attached hydrogen (secondary N) is 1. The van der Waals surface area contributed by atoms with Gasteiger partial charge in [0.05, 0.1) is 5.56 Å². The number of halogens is 1. The van der Waals surface area contributed by atoms with Crippen LogP contribution in [0.4, 0.5) is 4.79 Å². The molecule has 1 aromatic heterocycles. The topological polar surface area (TPSA) is 62.3 Å². The van der Waals surface area contributed by atoms with Crippen LogP contribution in [0, 0.1) is 0 Å². The van der Waals surface area contributed by atoms with E-state index in [0.29, 0.717) is 23.8 Å². The van der Waals surface area contributed by atoms with Crippen LogP contribution in [-0.2, 0) is 0 Å². The molecule has 0 bridgehead atoms. The molecule has 1 N–H and O–H groups in total. The molecule has 0 unspecified atom stereocenters. The van der Waals surface area contributed by atoms with Crippen molar-refractivity contribution < 1.29 is 9.59 Å². The van der Waals surface area contributed by atoms with Crippen LogP contribution in [0.2, 0.25) is 5.15 Å². The van der Waals surface area contributed by atoms with Crippen LogP contribution in [0.1, 0.15) is 10.4 Å². The molecule has 2 rings (SSSR count). The zero-order chi connectivity index (χ0) is 10.8. The number of rotatable bonds is 1. The molecule has 0 saturated carbocycles. The smallest absolute Gasteiger partial charge is 0.324 e. The molecule has 0 aromatic carbocycles. The van der Waals surface area contributed by atoms with Crippen LogP contribution in [0.25, 0.3) is 0 Å². The van der Waals surface area contributed by atoms with E-state index in [1.54, 1.807) is 6.07 Å². The largest absolute Gasteiger partial charge is 0.336 e. The highest BCUT2D eigenvalue weighted by molar-refractivity contribution is 6.29. The molecule has 1 aliphatic rings. The zero-order valence-corrected chi connectivity index (χ0v) is 8.49. The Morgan fingerprint density at radius 3 is 2.87 bits per heavy atom. The normalized spacial score (nSPS) is 15.3. The van der Waals surface area contributed by atoms with E-state index in [0.717, 1.165) is 4.90 Å². The molecule has 3 amide bonds. The highest BCUT2D eigenvalue weighted by Crippen LogP contribution is 2.09. The summed E-state index contributed by atoms with van der Waals surface area (Å²) in [5.41, 5.74) is 0.358. The second-order valence-electron chi connectivity index (χ2n) is 3.06. The molecular formula is C9H8ClN3O2. The Kier molecular flexibility index (Phi) is 2.55. The van der Waals surface area contributed by atoms with E-state index < -0.39 is 0 Å². The first-order valence-electron chi connectivity index (χ1n) is 4.40. The van der Waals surface area contributed by atoms with Crippen LogP contribution < -0.4 is 5.32 Å². The van der Waals surface area contributed by atoms with E-state index in [-0.39, 0.29) is 11.9 Å². The summed E-state index contributed by atoms with van der Waals surface area (Å²) in [6, 6.07) is 2.70. The summed E-state index contributed by atoms with van der Waals surface area (Å²) in [6.45, 7) is 0.881. The maximum atomic E-state index is 11.8. The average molecular weight is 226 g/mol. The second kappa shape index (κ2) is 3.86. The molecule has 0 spiro atoms. The summed E-state index contributed by atoms with van der Waals surface area (Å²) in [6.07, 6.45) is 1.36. The first kappa shape index (κ1) is 9.92. The fourth-order valence-corrected chi connectivity index (χ4v) is 1.44. The van der Waals surface area contributed by atoms with Crippen molar-refractivity contribution in [3.63, 3.8) is 0 Å². The monoisotopic (exact) mass is 225 g/mol. The highest BCUT2D eigenvalue weighted by Gasteiger charge is 2.26. The van der Waals surface area contributed by atoms with Gasteiger partial charge in [-0.15, -0.1) is 0 Å². The maximum absolute atomic E-state index is 11.8. The van der Waals surface area contributed by atoms with Crippen molar-refractivity contribution in [2.45, 2.75) is 0 Å². The molecule has 0 radical (unpaired) electrons. The van der Waals surface area contributed by atoms with Crippen molar-refractivity contribution in [1.29, 1.82) is 0 Å². The Morgan fingerprint density at radius 1 is 1.53 bits per heavy atom. The van der Waals surface area contributed by atoms with Crippen LogP contribution in [0.5, 0.6) is 0 Å². The van der Waals surface area contributed by atoms with Gasteiger partial charge in [0.2, 0.25) is 0 Å². The number of hydrogen-bond donors (Lipinski definition) is 1. The number of carbonyl (C=O) groups is 2. The Bertz CT molecular complexity index is 404. The number of imide groups is 1. The molecule has 6 heteroatoms. The molecule has 5 nitrogen and oxygen atoms in total. The van der Waals surface area contributed by atoms with Gasteiger partial charge in [-0.1, -0.05) is 11.6 Å². The lowest BCUT2D eigenvalue weighted by atomic mass is 10.2. The van der Waals surface area contributed by atoms with E-state index in [2.05, 4.69) is 10.3 Å². The number of urea groups is 1. The molecule has 78 valence electrons. The van der Waals surface area contributed by atoms with Crippen molar-refractivity contribution >= 4 is 23.5 Å². The number of pyridine rings is 1. The minimum atomic E-state index is -0.366. The number of carbonyl (C=O) groups excluding carboxylic acids is 2. The predicted molar refractivity (Wildman–Crippen MR) is 53.7 cm³/mol. The number of hydrogen-bond acceptors (Lipinski definition) is 3. The predicted octanol–water partition coefficient (Wildman–Crippen LogP) is 0.900. The lowest BCUT2D eigenvalue weighted by Crippen LogP contribution is -2.34. The fourth-order valence-electron chi connectivity index (χ4n) is 1.32. The lowest BCUT2D eigenvalue weighted by Gasteiger charge is -2.11. The first-order valence-corrected chi connectivity index (χ1v) is 4.77. The van der Waals surface area contributed by atoms with Gasteiger partial charge in [0.15, 0.2) is 0 Å². The van der Waals surface area contributed by atoms with E-state index in [4.69, 9.17) is 11.6 Å². The van der Waals surface area contributed by atoms with Gasteiger partial charge in [0, 0.05) is 19.3 Å². The lowest BCUT2D eigenvalue weighted by molar-refractivity contribution is 0.0829. The van der Waals surface area contributed by atoms with Gasteiger partial charge in [-0.3, -0.25) is 9.69 Å². The highest BCUT2D eigenvalue weighted by atomic mass is 35.5. The third-order valence-electron chi connectivity index (χ3n) is 2.08. The molecule has 1 aromatic rings. The molecular weight excluding hydrogens is 218 g/mol. The molecule has 1 fully saturated rings. The van der Waals surface area contributed by atoms with Crippen LogP contribution in [0.3, 0.4) is 0 Å². The third kappa shape index (κ3) is 1.92. The van der Waals surface area contributed by atoms with E-state index in [1.807, 2.05) is 0 Å². The van der Waals surface area contributed by atoms with Crippen molar-refractivity contribution in [2.24, 2.45) is 0 Å². The maximum Gasteiger partial charge on any atom is 0.324 e. The second-order valence-corrected chi connectivity index (χ2v) is 3.45. The molecule has 15 heavy (non-hydrogen) atoms. The molecule has 1 aliphatic heterocycles. The number of amides is 3. The average Bonchev–Trinajstić information content (AvgIpc) is 2.65. The Labute approximate surface area is 91.0 Å². The SMILES string of the molecule is O=C1NCCN1C(=O)c1ccc(Cl)nc1. The molecule has 2 heterocycles. The molecule has 0 atom stereocenters. The van der Waals surface area contributed by atoms with Crippen LogP contribution in [0.15, 0.2) is 18.3 Å². The van der Waals surface area contributed by atoms with E-state index in [9.17, 15) is 9.59 Å². The Balaban J connectivity index is 2.20. The summed E-state index contributed by atoms with van der Waals surface area (Å²) in [5.74, 6) is -0.353. The van der Waals surface area contributed by atoms with Crippen molar-refractivity contribution in [2.75, 3.05) is 13.1 Å². The van der Waals surface area contributed by atoms with Gasteiger partial charge < -0.3 is 5.32 Å². The summed E-state index contributed by atoms with van der Waals surface area (Å²) in [5, 5.41) is 2.87. The third-order valence-corrected chi connectivity index (χ3v) is 2.30. The number of nitrogens with zero attached hydrogens (tertiary/aromatic N) is 2. The summed E-state index contributed by atoms with van der Waals surface area (Å²) < 4.78 is 0. The zero-order valence-electron chi connectivity index (χ0n) is 7.74. The van der Waals surface area contributed by atoms with Gasteiger partial charge in [0.1, 0.15) is 5.15 Å². The quantitative estimate of drug-likeness (QED) is 0.723. The summed E-state index contributed by atoms with van der Waals surface area (Å²) >= 11 is 5.59. The number of aromatic nitrogens is 1. The fraction of sp³-hybridized carbons (Fsp3) is 0.222. The van der Waals surface area contributed by atoms with Crippen LogP contribution in [-0.4, -0.2) is 34.9 Å². The Hall–Kier alpha value is -1.62. The van der Waals surface area contributed by atoms with Gasteiger partial charge in [-0.2, -0.15) is 0 Å². The van der Waals surface area contributed by atoms with E-state index >= 15 is 0 Å². The summed E-state index contributed by atoms with van der Waals surface area (Å²) in [4.78, 5) is 27.9. The molecule has 1 saturated heterocycles. The van der Waals surface area contributed by atoms with Crippen molar-refractivity contribution in [1.82, 2.24) is 15.2 Å². The van der Waals surface area contributed by atoms with Crippen molar-refractivity contribution in [3.8, 4) is 0 Å². The summed E-state index contributed by atoms with van der Waals surface area (Å²) in [7, 11) is 0. The van der Waals surface area contributed by atoms with Gasteiger partial charge in [0.25, 0.3) is 5.91 Å². The van der Waals surface area contributed by atoms with Crippen molar-refractivity contribution in [3.05, 3.63) is 29.0 Å². The first-order chi connectivity index (χ1) is 7.18. The molecule has 0 aliphatic carbocycles. The van der Waals surface area contributed by atoms with Gasteiger partial charge in [-0.25, -0.2) is 9.78 Å². The standard InChI is InChI=1S/C9H8ClN3O2/c10-7-2-1-6(5-12-7)8(14)13-4-3-11-9(13)15/h1-2,5H,3-4H2,(H,11,15).